The second kappa shape index (κ2) is 10.6. The molecule has 0 aliphatic heterocycles. The van der Waals surface area contributed by atoms with Gasteiger partial charge < -0.3 is 14.6 Å². The maximum absolute atomic E-state index is 13.6. The molecule has 10 nitrogen and oxygen atoms in total. The number of rotatable bonds is 9. The highest BCUT2D eigenvalue weighted by atomic mass is 32.2. The number of nitrogens with zero attached hydrogens (tertiary/aromatic N) is 5. The van der Waals surface area contributed by atoms with Crippen LogP contribution in [0.1, 0.15) is 40.0 Å². The van der Waals surface area contributed by atoms with Crippen LogP contribution in [0.2, 0.25) is 0 Å². The van der Waals surface area contributed by atoms with Gasteiger partial charge in [0.25, 0.3) is 0 Å². The summed E-state index contributed by atoms with van der Waals surface area (Å²) in [6.07, 6.45) is 2.07. The molecule has 37 heavy (non-hydrogen) atoms. The van der Waals surface area contributed by atoms with Gasteiger partial charge in [0.1, 0.15) is 34.1 Å². The van der Waals surface area contributed by atoms with E-state index in [-0.39, 0.29) is 5.82 Å². The number of aromatic nitrogens is 5. The second-order valence-electron chi connectivity index (χ2n) is 8.69. The van der Waals surface area contributed by atoms with E-state index >= 15 is 0 Å². The van der Waals surface area contributed by atoms with Gasteiger partial charge >= 0.3 is 0 Å². The summed E-state index contributed by atoms with van der Waals surface area (Å²) in [5, 5.41) is 18.7. The van der Waals surface area contributed by atoms with Crippen molar-refractivity contribution in [2.24, 2.45) is 0 Å². The number of hydrogen-bond donors (Lipinski definition) is 1. The molecule has 0 amide bonds. The van der Waals surface area contributed by atoms with E-state index in [9.17, 15) is 13.5 Å². The van der Waals surface area contributed by atoms with Gasteiger partial charge in [-0.25, -0.2) is 13.4 Å². The Labute approximate surface area is 219 Å². The summed E-state index contributed by atoms with van der Waals surface area (Å²) >= 11 is 1.29. The fourth-order valence-corrected chi connectivity index (χ4v) is 6.33. The van der Waals surface area contributed by atoms with Gasteiger partial charge in [-0.1, -0.05) is 6.07 Å². The number of thiazole rings is 1. The zero-order chi connectivity index (χ0) is 26.9. The molecule has 1 N–H and O–H groups in total. The molecule has 0 saturated carbocycles. The Balaban J connectivity index is 1.84. The molecule has 1 aromatic carbocycles. The van der Waals surface area contributed by atoms with E-state index < -0.39 is 26.9 Å². The van der Waals surface area contributed by atoms with Gasteiger partial charge in [0.15, 0.2) is 21.5 Å². The molecule has 4 aromatic rings. The van der Waals surface area contributed by atoms with Crippen molar-refractivity contribution in [2.45, 2.75) is 44.8 Å². The molecular formula is C25H29N5O5S2. The zero-order valence-electron chi connectivity index (χ0n) is 21.5. The molecule has 0 aliphatic carbocycles. The number of aliphatic hydroxyl groups excluding tert-OH is 1. The van der Waals surface area contributed by atoms with Crippen molar-refractivity contribution >= 4 is 21.2 Å². The van der Waals surface area contributed by atoms with Gasteiger partial charge in [-0.2, -0.15) is 0 Å². The fourth-order valence-electron chi connectivity index (χ4n) is 3.89. The number of ether oxygens (including phenoxy) is 2. The Kier molecular flexibility index (Phi) is 7.62. The molecule has 2 atom stereocenters. The zero-order valence-corrected chi connectivity index (χ0v) is 23.1. The molecule has 0 unspecified atom stereocenters. The third-order valence-electron chi connectivity index (χ3n) is 6.13. The normalized spacial score (nSPS) is 13.4. The Morgan fingerprint density at radius 3 is 2.32 bits per heavy atom. The lowest BCUT2D eigenvalue weighted by atomic mass is 10.2. The molecule has 0 fully saturated rings. The second-order valence-corrected chi connectivity index (χ2v) is 12.3. The lowest BCUT2D eigenvalue weighted by Crippen LogP contribution is -2.28. The Hall–Kier alpha value is -3.35. The number of hydrogen-bond acceptors (Lipinski definition) is 10. The molecule has 3 aromatic heterocycles. The smallest absolute Gasteiger partial charge is 0.170 e. The summed E-state index contributed by atoms with van der Waals surface area (Å²) in [6.45, 7) is 7.08. The lowest BCUT2D eigenvalue weighted by Gasteiger charge is -2.20. The van der Waals surface area contributed by atoms with Crippen LogP contribution in [-0.4, -0.2) is 57.7 Å². The first-order valence-corrected chi connectivity index (χ1v) is 14.0. The first-order chi connectivity index (χ1) is 17.6. The third kappa shape index (κ3) is 5.22. The van der Waals surface area contributed by atoms with Gasteiger partial charge in [0, 0.05) is 22.8 Å². The highest BCUT2D eigenvalue weighted by molar-refractivity contribution is 7.91. The van der Waals surface area contributed by atoms with Crippen LogP contribution in [0.4, 0.5) is 0 Å². The van der Waals surface area contributed by atoms with Crippen molar-refractivity contribution in [3.05, 3.63) is 63.6 Å². The summed E-state index contributed by atoms with van der Waals surface area (Å²) in [5.41, 5.74) is 2.77. The molecule has 0 spiro atoms. The van der Waals surface area contributed by atoms with Crippen molar-refractivity contribution in [2.75, 3.05) is 14.2 Å². The predicted octanol–water partition coefficient (Wildman–Crippen LogP) is 3.77. The van der Waals surface area contributed by atoms with Gasteiger partial charge in [0.05, 0.1) is 25.2 Å². The summed E-state index contributed by atoms with van der Waals surface area (Å²) in [7, 11) is -0.880. The number of sulfone groups is 1. The summed E-state index contributed by atoms with van der Waals surface area (Å²) in [5.74, 6) is 0.929. The molecule has 0 radical (unpaired) electrons. The van der Waals surface area contributed by atoms with E-state index in [0.717, 1.165) is 16.1 Å². The molecule has 4 rings (SSSR count). The van der Waals surface area contributed by atoms with Crippen molar-refractivity contribution in [1.82, 2.24) is 24.7 Å². The summed E-state index contributed by atoms with van der Waals surface area (Å²) < 4.78 is 39.9. The van der Waals surface area contributed by atoms with E-state index in [4.69, 9.17) is 9.47 Å². The highest BCUT2D eigenvalue weighted by Gasteiger charge is 2.34. The molecule has 12 heteroatoms. The maximum Gasteiger partial charge on any atom is 0.170 e. The summed E-state index contributed by atoms with van der Waals surface area (Å²) in [6, 6.07) is 7.14. The van der Waals surface area contributed by atoms with Crippen LogP contribution in [0.15, 0.2) is 36.7 Å². The number of aliphatic hydroxyl groups is 1. The maximum atomic E-state index is 13.6. The van der Waals surface area contributed by atoms with Crippen LogP contribution in [0.3, 0.4) is 0 Å². The average molecular weight is 544 g/mol. The predicted molar refractivity (Wildman–Crippen MR) is 141 cm³/mol. The van der Waals surface area contributed by atoms with E-state index in [1.54, 1.807) is 35.2 Å². The average Bonchev–Trinajstić information content (AvgIpc) is 3.44. The highest BCUT2D eigenvalue weighted by Crippen LogP contribution is 2.37. The minimum Gasteiger partial charge on any atom is -0.494 e. The van der Waals surface area contributed by atoms with Gasteiger partial charge in [-0.3, -0.25) is 9.55 Å². The van der Waals surface area contributed by atoms with Crippen molar-refractivity contribution in [3.8, 4) is 28.6 Å². The SMILES string of the molecule is COc1cccc(OC)c1-n1c(CS(=O)(=O)[C@H](C)[C@@H](O)c2nc(C)c(C)s2)nnc1-c1cncc(C)c1. The van der Waals surface area contributed by atoms with Crippen molar-refractivity contribution in [1.29, 1.82) is 0 Å². The molecule has 0 saturated heterocycles. The van der Waals surface area contributed by atoms with Crippen LogP contribution in [0.25, 0.3) is 17.1 Å². The standard InChI is InChI=1S/C25H29N5O5S2/c1-14-10-18(12-26-11-14)24-29-28-21(30(24)22-19(34-5)8-7-9-20(22)35-6)13-37(32,33)17(4)23(31)25-27-15(2)16(3)36-25/h7-12,17,23,31H,13H2,1-6H3/t17-,23-/m1/s1. The van der Waals surface area contributed by atoms with Crippen LogP contribution >= 0.6 is 11.3 Å². The van der Waals surface area contributed by atoms with Crippen LogP contribution in [0, 0.1) is 20.8 Å². The Morgan fingerprint density at radius 1 is 1.08 bits per heavy atom. The van der Waals surface area contributed by atoms with E-state index in [0.29, 0.717) is 33.6 Å². The minimum atomic E-state index is -3.91. The van der Waals surface area contributed by atoms with E-state index in [1.165, 1.54) is 32.5 Å². The van der Waals surface area contributed by atoms with E-state index in [2.05, 4.69) is 20.2 Å². The van der Waals surface area contributed by atoms with Gasteiger partial charge in [-0.05, 0) is 51.5 Å². The quantitative estimate of drug-likeness (QED) is 0.335. The number of benzene rings is 1. The Bertz CT molecular complexity index is 1490. The molecule has 196 valence electrons. The molecule has 0 bridgehead atoms. The lowest BCUT2D eigenvalue weighted by molar-refractivity contribution is 0.175. The van der Waals surface area contributed by atoms with Crippen LogP contribution in [-0.2, 0) is 15.6 Å². The van der Waals surface area contributed by atoms with Gasteiger partial charge in [-0.15, -0.1) is 21.5 Å². The minimum absolute atomic E-state index is 0.143. The molecule has 0 aliphatic rings. The number of pyridine rings is 1. The largest absolute Gasteiger partial charge is 0.494 e. The summed E-state index contributed by atoms with van der Waals surface area (Å²) in [4.78, 5) is 9.53. The monoisotopic (exact) mass is 543 g/mol. The Morgan fingerprint density at radius 2 is 1.76 bits per heavy atom. The van der Waals surface area contributed by atoms with Crippen molar-refractivity contribution < 1.29 is 23.0 Å². The van der Waals surface area contributed by atoms with Crippen molar-refractivity contribution in [3.63, 3.8) is 0 Å². The number of methoxy groups -OCH3 is 2. The molecule has 3 heterocycles. The first-order valence-electron chi connectivity index (χ1n) is 11.5. The number of para-hydroxylation sites is 1. The topological polar surface area (TPSA) is 129 Å². The molecular weight excluding hydrogens is 514 g/mol. The first kappa shape index (κ1) is 26.7. The number of aryl methyl sites for hydroxylation is 3. The van der Waals surface area contributed by atoms with Crippen LogP contribution in [0.5, 0.6) is 11.5 Å². The fraction of sp³-hybridized carbons (Fsp3) is 0.360. The van der Waals surface area contributed by atoms with E-state index in [1.807, 2.05) is 26.8 Å². The van der Waals surface area contributed by atoms with Crippen LogP contribution < -0.4 is 9.47 Å². The van der Waals surface area contributed by atoms with Gasteiger partial charge in [0.2, 0.25) is 0 Å². The third-order valence-corrected chi connectivity index (χ3v) is 9.32.